The number of hydrogen-bond donors (Lipinski definition) is 1. The number of alkyl halides is 3. The number of sulfonamides is 1. The lowest BCUT2D eigenvalue weighted by Gasteiger charge is -2.33. The molecule has 144 valence electrons. The lowest BCUT2D eigenvalue weighted by molar-refractivity contribution is -0.291. The number of aliphatic hydroxyl groups is 1. The van der Waals surface area contributed by atoms with Crippen LogP contribution in [-0.2, 0) is 10.0 Å². The molecule has 0 fully saturated rings. The van der Waals surface area contributed by atoms with Gasteiger partial charge in [-0.05, 0) is 36.8 Å². The SMILES string of the molecule is Cc1ccc(S(=O)(=O)N2N=C(c3ccc(Cl)cc3)CC2(O)C(F)(F)F)cc1. The summed E-state index contributed by atoms with van der Waals surface area (Å²) in [6.45, 7) is 1.70. The topological polar surface area (TPSA) is 70.0 Å². The molecule has 1 unspecified atom stereocenters. The minimum Gasteiger partial charge on any atom is -0.361 e. The van der Waals surface area contributed by atoms with Crippen LogP contribution in [0.4, 0.5) is 13.2 Å². The maximum absolute atomic E-state index is 13.6. The zero-order chi connectivity index (χ0) is 20.0. The van der Waals surface area contributed by atoms with Crippen molar-refractivity contribution in [1.29, 1.82) is 0 Å². The van der Waals surface area contributed by atoms with E-state index in [9.17, 15) is 26.7 Å². The van der Waals surface area contributed by atoms with E-state index in [1.54, 1.807) is 6.92 Å². The van der Waals surface area contributed by atoms with Gasteiger partial charge in [0.15, 0.2) is 0 Å². The third kappa shape index (κ3) is 3.42. The standard InChI is InChI=1S/C17H14ClF3N2O3S/c1-11-2-8-14(9-3-11)27(25,26)23-16(24,17(19,20)21)10-15(22-23)12-4-6-13(18)7-5-12/h2-9,24H,10H2,1H3. The summed E-state index contributed by atoms with van der Waals surface area (Å²) in [5.41, 5.74) is -2.95. The Morgan fingerprint density at radius 3 is 2.19 bits per heavy atom. The predicted octanol–water partition coefficient (Wildman–Crippen LogP) is 3.70. The molecule has 27 heavy (non-hydrogen) atoms. The maximum atomic E-state index is 13.6. The average Bonchev–Trinajstić information content (AvgIpc) is 2.96. The van der Waals surface area contributed by atoms with Crippen molar-refractivity contribution in [2.75, 3.05) is 0 Å². The molecular weight excluding hydrogens is 405 g/mol. The summed E-state index contributed by atoms with van der Waals surface area (Å²) in [4.78, 5) is -0.406. The van der Waals surface area contributed by atoms with Gasteiger partial charge >= 0.3 is 6.18 Å². The highest BCUT2D eigenvalue weighted by Crippen LogP contribution is 2.44. The minimum absolute atomic E-state index is 0.220. The number of hydrogen-bond acceptors (Lipinski definition) is 4. The van der Waals surface area contributed by atoms with E-state index in [-0.39, 0.29) is 15.7 Å². The van der Waals surface area contributed by atoms with Gasteiger partial charge in [0.2, 0.25) is 0 Å². The Labute approximate surface area is 158 Å². The zero-order valence-corrected chi connectivity index (χ0v) is 15.5. The molecule has 0 aliphatic carbocycles. The number of aryl methyl sites for hydroxylation is 1. The first-order chi connectivity index (χ1) is 12.4. The maximum Gasteiger partial charge on any atom is 0.439 e. The second-order valence-electron chi connectivity index (χ2n) is 6.11. The van der Waals surface area contributed by atoms with Gasteiger partial charge in [0.1, 0.15) is 0 Å². The molecule has 1 heterocycles. The first kappa shape index (κ1) is 19.7. The summed E-state index contributed by atoms with van der Waals surface area (Å²) in [5, 5.41) is 14.3. The molecule has 1 aliphatic heterocycles. The molecule has 10 heteroatoms. The van der Waals surface area contributed by atoms with Crippen LogP contribution < -0.4 is 0 Å². The summed E-state index contributed by atoms with van der Waals surface area (Å²) in [6.07, 6.45) is -6.30. The minimum atomic E-state index is -5.26. The highest BCUT2D eigenvalue weighted by molar-refractivity contribution is 7.89. The summed E-state index contributed by atoms with van der Waals surface area (Å²) in [7, 11) is -4.75. The Balaban J connectivity index is 2.13. The van der Waals surface area contributed by atoms with Gasteiger partial charge in [0.25, 0.3) is 15.7 Å². The summed E-state index contributed by atoms with van der Waals surface area (Å²) < 4.78 is 66.1. The zero-order valence-electron chi connectivity index (χ0n) is 13.9. The highest BCUT2D eigenvalue weighted by atomic mass is 35.5. The lowest BCUT2D eigenvalue weighted by atomic mass is 10.0. The fraction of sp³-hybridized carbons (Fsp3) is 0.235. The van der Waals surface area contributed by atoms with Crippen LogP contribution >= 0.6 is 11.6 Å². The Hall–Kier alpha value is -2.10. The van der Waals surface area contributed by atoms with Gasteiger partial charge in [0, 0.05) is 5.02 Å². The van der Waals surface area contributed by atoms with E-state index in [0.29, 0.717) is 5.02 Å². The first-order valence-electron chi connectivity index (χ1n) is 7.70. The highest BCUT2D eigenvalue weighted by Gasteiger charge is 2.65. The predicted molar refractivity (Wildman–Crippen MR) is 93.8 cm³/mol. The summed E-state index contributed by atoms with van der Waals surface area (Å²) in [5.74, 6) is 0. The Bertz CT molecular complexity index is 990. The van der Waals surface area contributed by atoms with Gasteiger partial charge in [-0.25, -0.2) is 0 Å². The molecule has 2 aromatic carbocycles. The van der Waals surface area contributed by atoms with Crippen LogP contribution in [0.2, 0.25) is 5.02 Å². The monoisotopic (exact) mass is 418 g/mol. The smallest absolute Gasteiger partial charge is 0.361 e. The second-order valence-corrected chi connectivity index (χ2v) is 8.31. The van der Waals surface area contributed by atoms with Gasteiger partial charge in [-0.3, -0.25) is 0 Å². The fourth-order valence-electron chi connectivity index (χ4n) is 2.60. The number of benzene rings is 2. The van der Waals surface area contributed by atoms with E-state index in [0.717, 1.165) is 17.7 Å². The second kappa shape index (κ2) is 6.50. The van der Waals surface area contributed by atoms with Crippen LogP contribution in [0.15, 0.2) is 58.5 Å². The van der Waals surface area contributed by atoms with Gasteiger partial charge in [-0.15, -0.1) is 4.41 Å². The van der Waals surface area contributed by atoms with E-state index < -0.39 is 33.2 Å². The third-order valence-corrected chi connectivity index (χ3v) is 6.08. The molecule has 0 radical (unpaired) electrons. The van der Waals surface area contributed by atoms with Crippen molar-refractivity contribution >= 4 is 27.3 Å². The molecule has 3 rings (SSSR count). The van der Waals surface area contributed by atoms with Crippen molar-refractivity contribution in [3.05, 3.63) is 64.7 Å². The molecule has 0 spiro atoms. The number of rotatable bonds is 3. The molecule has 0 saturated carbocycles. The Morgan fingerprint density at radius 1 is 1.11 bits per heavy atom. The first-order valence-corrected chi connectivity index (χ1v) is 9.51. The van der Waals surface area contributed by atoms with Gasteiger partial charge in [-0.2, -0.15) is 26.7 Å². The van der Waals surface area contributed by atoms with Crippen LogP contribution in [0.3, 0.4) is 0 Å². The van der Waals surface area contributed by atoms with E-state index in [2.05, 4.69) is 5.10 Å². The van der Waals surface area contributed by atoms with Crippen molar-refractivity contribution in [3.63, 3.8) is 0 Å². The molecule has 5 nitrogen and oxygen atoms in total. The lowest BCUT2D eigenvalue weighted by Crippen LogP contribution is -2.56. The van der Waals surface area contributed by atoms with Gasteiger partial charge < -0.3 is 5.11 Å². The van der Waals surface area contributed by atoms with Crippen LogP contribution in [-0.4, -0.2) is 35.6 Å². The van der Waals surface area contributed by atoms with Gasteiger partial charge in [0.05, 0.1) is 17.0 Å². The molecule has 2 aromatic rings. The molecule has 1 N–H and O–H groups in total. The van der Waals surface area contributed by atoms with Gasteiger partial charge in [-0.1, -0.05) is 41.4 Å². The Morgan fingerprint density at radius 2 is 1.67 bits per heavy atom. The van der Waals surface area contributed by atoms with E-state index in [1.807, 2.05) is 0 Å². The summed E-state index contributed by atoms with van der Waals surface area (Å²) >= 11 is 5.77. The molecular formula is C17H14ClF3N2O3S. The molecule has 1 aliphatic rings. The van der Waals surface area contributed by atoms with Crippen LogP contribution in [0.5, 0.6) is 0 Å². The largest absolute Gasteiger partial charge is 0.439 e. The van der Waals surface area contributed by atoms with Crippen molar-refractivity contribution in [2.45, 2.75) is 30.1 Å². The molecule has 0 saturated heterocycles. The Kier molecular flexibility index (Phi) is 4.73. The molecule has 1 atom stereocenters. The van der Waals surface area contributed by atoms with Crippen molar-refractivity contribution in [2.24, 2.45) is 5.10 Å². The summed E-state index contributed by atoms with van der Waals surface area (Å²) in [6, 6.07) is 10.9. The number of nitrogens with zero attached hydrogens (tertiary/aromatic N) is 2. The normalized spacial score (nSPS) is 20.7. The van der Waals surface area contributed by atoms with E-state index >= 15 is 0 Å². The number of halogens is 4. The number of hydrazone groups is 1. The molecule has 0 aromatic heterocycles. The molecule has 0 bridgehead atoms. The van der Waals surface area contributed by atoms with Crippen LogP contribution in [0.1, 0.15) is 17.5 Å². The van der Waals surface area contributed by atoms with Crippen LogP contribution in [0.25, 0.3) is 0 Å². The van der Waals surface area contributed by atoms with E-state index in [4.69, 9.17) is 11.6 Å². The third-order valence-electron chi connectivity index (χ3n) is 4.12. The fourth-order valence-corrected chi connectivity index (χ4v) is 4.18. The molecule has 0 amide bonds. The van der Waals surface area contributed by atoms with Crippen molar-refractivity contribution in [3.8, 4) is 0 Å². The average molecular weight is 419 g/mol. The van der Waals surface area contributed by atoms with Crippen molar-refractivity contribution < 1.29 is 26.7 Å². The van der Waals surface area contributed by atoms with Crippen LogP contribution in [0, 0.1) is 6.92 Å². The van der Waals surface area contributed by atoms with Crippen molar-refractivity contribution in [1.82, 2.24) is 4.41 Å². The van der Waals surface area contributed by atoms with E-state index in [1.165, 1.54) is 36.4 Å². The quantitative estimate of drug-likeness (QED) is 0.826.